The fourth-order valence-corrected chi connectivity index (χ4v) is 6.19. The topological polar surface area (TPSA) is 153 Å². The number of carbonyl (C=O) groups excluding carboxylic acids is 1. The second kappa shape index (κ2) is 16.8. The van der Waals surface area contributed by atoms with Crippen LogP contribution >= 0.6 is 23.1 Å². The Balaban J connectivity index is 0.000000369. The summed E-state index contributed by atoms with van der Waals surface area (Å²) in [6.07, 6.45) is 9.12. The number of nitrogens with zero attached hydrogens (tertiary/aromatic N) is 7. The number of thioether (sulfide) groups is 1. The average Bonchev–Trinajstić information content (AvgIpc) is 3.49. The number of aromatic nitrogens is 4. The van der Waals surface area contributed by atoms with Crippen LogP contribution in [0.5, 0.6) is 0 Å². The Morgan fingerprint density at radius 1 is 1.14 bits per heavy atom. The number of amidine groups is 1. The van der Waals surface area contributed by atoms with Crippen molar-refractivity contribution in [1.29, 1.82) is 10.5 Å². The zero-order valence-electron chi connectivity index (χ0n) is 23.7. The second-order valence-corrected chi connectivity index (χ2v) is 11.5. The lowest BCUT2D eigenvalue weighted by molar-refractivity contribution is -0.107. The molecule has 0 bridgehead atoms. The van der Waals surface area contributed by atoms with Crippen molar-refractivity contribution < 1.29 is 4.79 Å². The van der Waals surface area contributed by atoms with Crippen molar-refractivity contribution >= 4 is 39.7 Å². The van der Waals surface area contributed by atoms with Gasteiger partial charge in [0.2, 0.25) is 5.13 Å². The van der Waals surface area contributed by atoms with Gasteiger partial charge >= 0.3 is 0 Å². The lowest BCUT2D eigenvalue weighted by Crippen LogP contribution is -2.19. The number of aldehydes is 1. The van der Waals surface area contributed by atoms with Crippen LogP contribution in [0.15, 0.2) is 65.4 Å². The molecular formula is C30H33N9OS2. The van der Waals surface area contributed by atoms with Crippen molar-refractivity contribution in [2.75, 3.05) is 19.4 Å². The van der Waals surface area contributed by atoms with Crippen LogP contribution in [0.1, 0.15) is 59.1 Å². The Labute approximate surface area is 254 Å². The molecule has 1 aliphatic rings. The van der Waals surface area contributed by atoms with Crippen molar-refractivity contribution in [3.05, 3.63) is 87.9 Å². The summed E-state index contributed by atoms with van der Waals surface area (Å²) in [5.41, 5.74) is 3.02. The van der Waals surface area contributed by atoms with Crippen molar-refractivity contribution in [2.24, 2.45) is 10.9 Å². The number of carbonyl (C=O) groups is 1. The summed E-state index contributed by atoms with van der Waals surface area (Å²) >= 11 is 3.20. The molecule has 2 atom stereocenters. The molecule has 3 heterocycles. The molecule has 3 aromatic heterocycles. The zero-order valence-corrected chi connectivity index (χ0v) is 25.3. The molecule has 1 fully saturated rings. The van der Waals surface area contributed by atoms with E-state index in [4.69, 9.17) is 5.26 Å². The standard InChI is InChI=1S/C22H27N7S2.C8H6N2O/c1-14(11-19-18(13-23)9-6-10-26-19)27-22-29-28-20(31-22)17-8-5-7-16(12-17)15(2)30-21(24-3)25-4;9-6-7-2-1-4-10-8(7)3-5-11/h6,9-10,16-17H,1-2,5,7-8,11-12H2,3-4H3,(H,24,25)(H,27,29);1-2,4-5H,3H2/t16-,17?;/m0./s1. The van der Waals surface area contributed by atoms with Gasteiger partial charge in [0.1, 0.15) is 23.4 Å². The Hall–Kier alpha value is -4.39. The lowest BCUT2D eigenvalue weighted by atomic mass is 9.82. The van der Waals surface area contributed by atoms with E-state index < -0.39 is 0 Å². The van der Waals surface area contributed by atoms with Gasteiger partial charge in [0, 0.05) is 50.9 Å². The van der Waals surface area contributed by atoms with Crippen LogP contribution in [0.3, 0.4) is 0 Å². The Morgan fingerprint density at radius 3 is 2.48 bits per heavy atom. The predicted octanol–water partition coefficient (Wildman–Crippen LogP) is 5.39. The summed E-state index contributed by atoms with van der Waals surface area (Å²) < 4.78 is 0. The molecule has 4 rings (SSSR count). The Morgan fingerprint density at radius 2 is 1.83 bits per heavy atom. The molecule has 2 N–H and O–H groups in total. The van der Waals surface area contributed by atoms with Gasteiger partial charge in [-0.1, -0.05) is 42.7 Å². The number of rotatable bonds is 9. The van der Waals surface area contributed by atoms with E-state index in [9.17, 15) is 10.1 Å². The fraction of sp³-hybridized carbons (Fsp3) is 0.333. The second-order valence-electron chi connectivity index (χ2n) is 9.35. The molecule has 1 saturated carbocycles. The van der Waals surface area contributed by atoms with Crippen molar-refractivity contribution in [1.82, 2.24) is 25.5 Å². The van der Waals surface area contributed by atoms with Crippen molar-refractivity contribution in [3.63, 3.8) is 0 Å². The van der Waals surface area contributed by atoms with E-state index in [1.807, 2.05) is 13.1 Å². The number of allylic oxidation sites excluding steroid dienone is 2. The van der Waals surface area contributed by atoms with Crippen molar-refractivity contribution in [3.8, 4) is 12.1 Å². The van der Waals surface area contributed by atoms with Gasteiger partial charge in [-0.2, -0.15) is 10.5 Å². The Kier molecular flexibility index (Phi) is 12.8. The fourth-order valence-electron chi connectivity index (χ4n) is 4.43. The number of nitriles is 2. The first-order valence-electron chi connectivity index (χ1n) is 13.3. The van der Waals surface area contributed by atoms with Gasteiger partial charge in [-0.05, 0) is 54.4 Å². The van der Waals surface area contributed by atoms with Crippen molar-refractivity contribution in [2.45, 2.75) is 44.4 Å². The first-order chi connectivity index (χ1) is 20.4. The van der Waals surface area contributed by atoms with E-state index in [1.165, 1.54) is 0 Å². The number of aliphatic imine (C=N–C) groups is 1. The van der Waals surface area contributed by atoms with Crippen LogP contribution in [0.2, 0.25) is 0 Å². The summed E-state index contributed by atoms with van der Waals surface area (Å²) in [4.78, 5) is 23.7. The van der Waals surface area contributed by atoms with Crippen LogP contribution in [0.4, 0.5) is 5.13 Å². The summed E-state index contributed by atoms with van der Waals surface area (Å²) in [6.45, 7) is 8.37. The average molecular weight is 600 g/mol. The molecule has 1 aliphatic carbocycles. The van der Waals surface area contributed by atoms with Gasteiger partial charge in [0.25, 0.3) is 0 Å². The summed E-state index contributed by atoms with van der Waals surface area (Å²) in [7, 11) is 3.67. The van der Waals surface area contributed by atoms with E-state index in [2.05, 4.69) is 55.0 Å². The highest BCUT2D eigenvalue weighted by atomic mass is 32.2. The van der Waals surface area contributed by atoms with E-state index in [-0.39, 0.29) is 6.42 Å². The molecule has 1 unspecified atom stereocenters. The largest absolute Gasteiger partial charge is 0.368 e. The van der Waals surface area contributed by atoms with Crippen LogP contribution in [0.25, 0.3) is 0 Å². The third-order valence-corrected chi connectivity index (χ3v) is 8.70. The maximum Gasteiger partial charge on any atom is 0.209 e. The summed E-state index contributed by atoms with van der Waals surface area (Å²) in [5, 5.41) is 35.5. The van der Waals surface area contributed by atoms with E-state index in [0.29, 0.717) is 40.8 Å². The number of anilines is 1. The van der Waals surface area contributed by atoms with Gasteiger partial charge in [0.15, 0.2) is 5.17 Å². The van der Waals surface area contributed by atoms with Gasteiger partial charge in [0.05, 0.1) is 22.5 Å². The molecule has 3 aromatic rings. The summed E-state index contributed by atoms with van der Waals surface area (Å²) in [5.74, 6) is 0.827. The number of hydrogen-bond acceptors (Lipinski definition) is 11. The minimum Gasteiger partial charge on any atom is -0.368 e. The zero-order chi connectivity index (χ0) is 30.3. The maximum atomic E-state index is 10.1. The van der Waals surface area contributed by atoms with E-state index in [1.54, 1.807) is 66.8 Å². The number of pyridine rings is 2. The Bertz CT molecular complexity index is 1500. The molecule has 216 valence electrons. The van der Waals surface area contributed by atoms with Gasteiger partial charge < -0.3 is 15.4 Å². The third kappa shape index (κ3) is 9.33. The molecule has 12 heteroatoms. The normalized spacial score (nSPS) is 16.1. The lowest BCUT2D eigenvalue weighted by Gasteiger charge is -2.28. The minimum atomic E-state index is 0.212. The van der Waals surface area contributed by atoms with Gasteiger partial charge in [-0.3, -0.25) is 15.0 Å². The number of hydrogen-bond donors (Lipinski definition) is 2. The van der Waals surface area contributed by atoms with Crippen LogP contribution in [0, 0.1) is 28.6 Å². The molecule has 0 aliphatic heterocycles. The van der Waals surface area contributed by atoms with Crippen LogP contribution in [-0.4, -0.2) is 45.7 Å². The van der Waals surface area contributed by atoms with E-state index >= 15 is 0 Å². The predicted molar refractivity (Wildman–Crippen MR) is 168 cm³/mol. The molecule has 0 spiro atoms. The molecule has 42 heavy (non-hydrogen) atoms. The molecule has 0 radical (unpaired) electrons. The molecule has 0 aromatic carbocycles. The molecule has 0 saturated heterocycles. The van der Waals surface area contributed by atoms with Gasteiger partial charge in [-0.15, -0.1) is 10.2 Å². The third-order valence-electron chi connectivity index (χ3n) is 6.53. The maximum absolute atomic E-state index is 10.1. The molecular weight excluding hydrogens is 567 g/mol. The summed E-state index contributed by atoms with van der Waals surface area (Å²) in [6, 6.07) is 11.0. The minimum absolute atomic E-state index is 0.212. The smallest absolute Gasteiger partial charge is 0.209 e. The van der Waals surface area contributed by atoms with Crippen LogP contribution < -0.4 is 10.6 Å². The monoisotopic (exact) mass is 599 g/mol. The molecule has 0 amide bonds. The SMILES string of the molecule is C=C(Cc1ncccc1C#N)Nc1nnc(C2CCC[C@H](C(=C)SC(=NC)NC)C2)s1.N#Cc1cccnc1CC=O. The number of nitrogens with one attached hydrogen (secondary N) is 2. The first-order valence-corrected chi connectivity index (χ1v) is 15.0. The quantitative estimate of drug-likeness (QED) is 0.186. The first kappa shape index (κ1) is 32.1. The molecule has 10 nitrogen and oxygen atoms in total. The van der Waals surface area contributed by atoms with Gasteiger partial charge in [-0.25, -0.2) is 0 Å². The highest BCUT2D eigenvalue weighted by Crippen LogP contribution is 2.43. The highest BCUT2D eigenvalue weighted by Gasteiger charge is 2.28. The van der Waals surface area contributed by atoms with E-state index in [0.717, 1.165) is 57.9 Å². The van der Waals surface area contributed by atoms with Crippen LogP contribution in [-0.2, 0) is 17.6 Å². The highest BCUT2D eigenvalue weighted by molar-refractivity contribution is 8.17.